The lowest BCUT2D eigenvalue weighted by Crippen LogP contribution is -2.17. The Hall–Kier alpha value is -7.42. The van der Waals surface area contributed by atoms with E-state index in [1.54, 1.807) is 0 Å². The molecule has 0 fully saturated rings. The zero-order valence-electron chi connectivity index (χ0n) is 32.9. The zero-order chi connectivity index (χ0) is 39.2. The van der Waals surface area contributed by atoms with Crippen molar-refractivity contribution >= 4 is 71.3 Å². The van der Waals surface area contributed by atoms with Crippen LogP contribution in [0.25, 0.3) is 87.6 Å². The van der Waals surface area contributed by atoms with Gasteiger partial charge in [0.1, 0.15) is 11.2 Å². The Morgan fingerprint density at radius 2 is 0.983 bits per heavy atom. The maximum absolute atomic E-state index is 7.37. The quantitative estimate of drug-likeness (QED) is 0.163. The summed E-state index contributed by atoms with van der Waals surface area (Å²) in [5.41, 5.74) is 14.8. The van der Waals surface area contributed by atoms with Crippen molar-refractivity contribution in [2.24, 2.45) is 0 Å². The van der Waals surface area contributed by atoms with E-state index in [-0.39, 0.29) is 5.41 Å². The largest absolute Gasteiger partial charge is 0.455 e. The Labute approximate surface area is 343 Å². The van der Waals surface area contributed by atoms with E-state index in [1.165, 1.54) is 60.3 Å². The molecule has 0 radical (unpaired) electrons. The van der Waals surface area contributed by atoms with Crippen LogP contribution >= 0.6 is 0 Å². The Kier molecular flexibility index (Phi) is 7.31. The van der Waals surface area contributed by atoms with Gasteiger partial charge in [-0.05, 0) is 102 Å². The molecule has 2 nitrogen and oxygen atoms in total. The first kappa shape index (κ1) is 33.7. The van der Waals surface area contributed by atoms with Crippen LogP contribution in [0.2, 0.25) is 0 Å². The summed E-state index contributed by atoms with van der Waals surface area (Å²) in [6.07, 6.45) is 0. The van der Waals surface area contributed by atoms with E-state index in [2.05, 4.69) is 219 Å². The molecule has 1 heterocycles. The fourth-order valence-corrected chi connectivity index (χ4v) is 10.0. The van der Waals surface area contributed by atoms with Crippen LogP contribution in [0.15, 0.2) is 205 Å². The van der Waals surface area contributed by atoms with Crippen LogP contribution in [0.5, 0.6) is 0 Å². The van der Waals surface area contributed by atoms with Gasteiger partial charge in [-0.2, -0.15) is 0 Å². The van der Waals surface area contributed by atoms with Gasteiger partial charge in [0.25, 0.3) is 0 Å². The molecule has 0 spiro atoms. The molecule has 0 saturated carbocycles. The molecule has 1 aliphatic carbocycles. The van der Waals surface area contributed by atoms with Crippen LogP contribution in [-0.4, -0.2) is 0 Å². The summed E-state index contributed by atoms with van der Waals surface area (Å²) in [6, 6.07) is 73.0. The number of furan rings is 1. The second-order valence-corrected chi connectivity index (χ2v) is 16.4. The van der Waals surface area contributed by atoms with Gasteiger partial charge in [0.2, 0.25) is 0 Å². The van der Waals surface area contributed by atoms with Crippen LogP contribution in [-0.2, 0) is 5.41 Å². The zero-order valence-corrected chi connectivity index (χ0v) is 32.9. The summed E-state index contributed by atoms with van der Waals surface area (Å²) in [5, 5.41) is 9.39. The van der Waals surface area contributed by atoms with Crippen molar-refractivity contribution in [3.05, 3.63) is 211 Å². The highest BCUT2D eigenvalue weighted by molar-refractivity contribution is 6.31. The van der Waals surface area contributed by atoms with Crippen LogP contribution < -0.4 is 4.90 Å². The topological polar surface area (TPSA) is 16.4 Å². The van der Waals surface area contributed by atoms with Gasteiger partial charge >= 0.3 is 0 Å². The molecule has 0 amide bonds. The Balaban J connectivity index is 1.19. The first-order valence-electron chi connectivity index (χ1n) is 20.5. The number of rotatable bonds is 5. The van der Waals surface area contributed by atoms with E-state index in [9.17, 15) is 0 Å². The van der Waals surface area contributed by atoms with E-state index in [1.807, 2.05) is 0 Å². The molecule has 0 N–H and O–H groups in total. The Morgan fingerprint density at radius 3 is 1.80 bits per heavy atom. The lowest BCUT2D eigenvalue weighted by Gasteiger charge is -2.30. The smallest absolute Gasteiger partial charge is 0.145 e. The molecule has 0 atom stereocenters. The average Bonchev–Trinajstić information content (AvgIpc) is 3.80. The van der Waals surface area contributed by atoms with Gasteiger partial charge in [0, 0.05) is 38.5 Å². The number of anilines is 3. The fourth-order valence-electron chi connectivity index (χ4n) is 10.0. The lowest BCUT2D eigenvalue weighted by molar-refractivity contribution is 0.660. The highest BCUT2D eigenvalue weighted by Gasteiger charge is 2.36. The predicted octanol–water partition coefficient (Wildman–Crippen LogP) is 16.2. The summed E-state index contributed by atoms with van der Waals surface area (Å²) in [4.78, 5) is 2.45. The molecule has 1 aliphatic rings. The summed E-state index contributed by atoms with van der Waals surface area (Å²) in [6.45, 7) is 4.72. The molecule has 0 bridgehead atoms. The van der Waals surface area contributed by atoms with Crippen LogP contribution in [0.1, 0.15) is 25.0 Å². The minimum Gasteiger partial charge on any atom is -0.455 e. The molecular formula is C57H39NO. The molecule has 1 aromatic heterocycles. The van der Waals surface area contributed by atoms with Crippen LogP contribution in [0.4, 0.5) is 17.1 Å². The highest BCUT2D eigenvalue weighted by atomic mass is 16.3. The summed E-state index contributed by atoms with van der Waals surface area (Å²) < 4.78 is 7.37. The van der Waals surface area contributed by atoms with Crippen LogP contribution in [0, 0.1) is 0 Å². The number of fused-ring (bicyclic) bond motifs is 12. The Bertz CT molecular complexity index is 3460. The summed E-state index contributed by atoms with van der Waals surface area (Å²) >= 11 is 0. The predicted molar refractivity (Wildman–Crippen MR) is 249 cm³/mol. The van der Waals surface area contributed by atoms with Gasteiger partial charge in [-0.25, -0.2) is 0 Å². The third kappa shape index (κ3) is 5.00. The second kappa shape index (κ2) is 12.8. The average molecular weight is 754 g/mol. The van der Waals surface area contributed by atoms with Crippen molar-refractivity contribution in [3.8, 4) is 33.4 Å². The number of nitrogens with zero attached hydrogens (tertiary/aromatic N) is 1. The minimum absolute atomic E-state index is 0.159. The summed E-state index contributed by atoms with van der Waals surface area (Å²) in [5.74, 6) is 0. The minimum atomic E-state index is -0.159. The highest BCUT2D eigenvalue weighted by Crippen LogP contribution is 2.53. The van der Waals surface area contributed by atoms with Crippen molar-refractivity contribution in [2.75, 3.05) is 4.90 Å². The molecule has 0 saturated heterocycles. The molecule has 278 valence electrons. The first-order valence-corrected chi connectivity index (χ1v) is 20.5. The number of benzene rings is 10. The van der Waals surface area contributed by atoms with E-state index in [0.717, 1.165) is 55.5 Å². The van der Waals surface area contributed by atoms with Crippen molar-refractivity contribution in [1.29, 1.82) is 0 Å². The van der Waals surface area contributed by atoms with Crippen molar-refractivity contribution in [1.82, 2.24) is 0 Å². The summed E-state index contributed by atoms with van der Waals surface area (Å²) in [7, 11) is 0. The van der Waals surface area contributed by atoms with Crippen LogP contribution in [0.3, 0.4) is 0 Å². The molecule has 10 aromatic carbocycles. The third-order valence-corrected chi connectivity index (χ3v) is 12.9. The maximum atomic E-state index is 7.37. The number of hydrogen-bond donors (Lipinski definition) is 0. The third-order valence-electron chi connectivity index (χ3n) is 12.9. The standard InChI is InChI=1S/C57H39NO/c1-57(2)50-26-13-12-22-44(50)45-32-31-40(35-51(45)57)58(39-29-27-37(28-30-39)36-15-4-3-5-16-36)52-34-33-49-53-47-23-10-8-20-42(47)43-21-9-11-24-48(43)55(53)59-56(49)54(52)46-25-14-18-38-17-6-7-19-41(38)46/h3-35H,1-2H3. The van der Waals surface area contributed by atoms with Gasteiger partial charge in [-0.15, -0.1) is 0 Å². The van der Waals surface area contributed by atoms with E-state index in [0.29, 0.717) is 0 Å². The van der Waals surface area contributed by atoms with Gasteiger partial charge < -0.3 is 9.32 Å². The monoisotopic (exact) mass is 753 g/mol. The molecule has 2 heteroatoms. The first-order chi connectivity index (χ1) is 29.0. The molecule has 59 heavy (non-hydrogen) atoms. The van der Waals surface area contributed by atoms with Gasteiger partial charge in [0.15, 0.2) is 0 Å². The fraction of sp³-hybridized carbons (Fsp3) is 0.0526. The molecular weight excluding hydrogens is 715 g/mol. The SMILES string of the molecule is CC1(C)c2ccccc2-c2ccc(N(c3ccc(-c4ccccc4)cc3)c3ccc4c(oc5c6ccccc6c6ccccc6c45)c3-c3cccc4ccccc34)cc21. The van der Waals surface area contributed by atoms with Crippen molar-refractivity contribution < 1.29 is 4.42 Å². The molecule has 0 aliphatic heterocycles. The van der Waals surface area contributed by atoms with Gasteiger partial charge in [-0.1, -0.05) is 178 Å². The second-order valence-electron chi connectivity index (χ2n) is 16.4. The Morgan fingerprint density at radius 1 is 0.390 bits per heavy atom. The maximum Gasteiger partial charge on any atom is 0.145 e. The van der Waals surface area contributed by atoms with E-state index >= 15 is 0 Å². The van der Waals surface area contributed by atoms with Crippen molar-refractivity contribution in [2.45, 2.75) is 19.3 Å². The molecule has 0 unspecified atom stereocenters. The van der Waals surface area contributed by atoms with Gasteiger partial charge in [0.05, 0.1) is 5.69 Å². The van der Waals surface area contributed by atoms with Crippen molar-refractivity contribution in [3.63, 3.8) is 0 Å². The molecule has 12 rings (SSSR count). The normalized spacial score (nSPS) is 13.1. The van der Waals surface area contributed by atoms with Gasteiger partial charge in [-0.3, -0.25) is 0 Å². The lowest BCUT2D eigenvalue weighted by atomic mass is 9.82. The van der Waals surface area contributed by atoms with E-state index < -0.39 is 0 Å². The molecule has 11 aromatic rings. The van der Waals surface area contributed by atoms with E-state index in [4.69, 9.17) is 4.42 Å². The number of hydrogen-bond acceptors (Lipinski definition) is 2.